The summed E-state index contributed by atoms with van der Waals surface area (Å²) in [6, 6.07) is 9.34. The van der Waals surface area contributed by atoms with Gasteiger partial charge in [-0.3, -0.25) is 28.8 Å². The number of rotatable bonds is 6. The fraction of sp³-hybridized carbons (Fsp3) is 0.435. The van der Waals surface area contributed by atoms with Gasteiger partial charge in [-0.2, -0.15) is 0 Å². The number of benzene rings is 2. The van der Waals surface area contributed by atoms with Crippen molar-refractivity contribution in [2.75, 3.05) is 0 Å². The molecular formula is C46H48F2N6O10. The Morgan fingerprint density at radius 2 is 1.06 bits per heavy atom. The highest BCUT2D eigenvalue weighted by Gasteiger charge is 2.48. The molecule has 16 nitrogen and oxygen atoms in total. The second kappa shape index (κ2) is 17.0. The Hall–Kier alpha value is -6.40. The lowest BCUT2D eigenvalue weighted by atomic mass is 9.89. The van der Waals surface area contributed by atoms with Crippen molar-refractivity contribution < 1.29 is 47.6 Å². The Balaban J connectivity index is 0.000000162. The van der Waals surface area contributed by atoms with Gasteiger partial charge in [0.15, 0.2) is 35.3 Å². The molecule has 6 atom stereocenters. The van der Waals surface area contributed by atoms with E-state index in [1.165, 1.54) is 33.7 Å². The fourth-order valence-corrected chi connectivity index (χ4v) is 9.97. The van der Waals surface area contributed by atoms with Gasteiger partial charge in [-0.05, 0) is 88.5 Å². The van der Waals surface area contributed by atoms with Crippen molar-refractivity contribution in [2.45, 2.75) is 128 Å². The highest BCUT2D eigenvalue weighted by molar-refractivity contribution is 6.00. The van der Waals surface area contributed by atoms with Crippen LogP contribution in [0.3, 0.4) is 0 Å². The number of aromatic hydroxyl groups is 2. The van der Waals surface area contributed by atoms with Gasteiger partial charge in [-0.15, -0.1) is 0 Å². The molecule has 6 heterocycles. The van der Waals surface area contributed by atoms with E-state index in [1.807, 2.05) is 0 Å². The molecule has 336 valence electrons. The van der Waals surface area contributed by atoms with Crippen LogP contribution in [0.25, 0.3) is 0 Å². The van der Waals surface area contributed by atoms with Gasteiger partial charge in [0.2, 0.25) is 10.9 Å². The van der Waals surface area contributed by atoms with Crippen LogP contribution in [0.15, 0.2) is 58.4 Å². The minimum atomic E-state index is -0.927. The number of carbonyl (C=O) groups is 4. The summed E-state index contributed by atoms with van der Waals surface area (Å²) < 4.78 is 43.1. The second-order valence-corrected chi connectivity index (χ2v) is 17.5. The Bertz CT molecular complexity index is 2540. The van der Waals surface area contributed by atoms with Crippen molar-refractivity contribution in [1.29, 1.82) is 0 Å². The average Bonchev–Trinajstić information content (AvgIpc) is 3.25. The van der Waals surface area contributed by atoms with E-state index in [2.05, 4.69) is 10.6 Å². The van der Waals surface area contributed by atoms with Gasteiger partial charge in [-0.25, -0.2) is 8.78 Å². The number of amides is 4. The van der Waals surface area contributed by atoms with Crippen LogP contribution in [-0.4, -0.2) is 89.5 Å². The highest BCUT2D eigenvalue weighted by atomic mass is 19.1. The number of fused-ring (bicyclic) bond motifs is 10. The Kier molecular flexibility index (Phi) is 11.4. The van der Waals surface area contributed by atoms with Crippen LogP contribution < -0.4 is 21.5 Å². The van der Waals surface area contributed by atoms with E-state index in [1.54, 1.807) is 47.9 Å². The summed E-state index contributed by atoms with van der Waals surface area (Å²) in [5.74, 6) is -4.85. The fourth-order valence-electron chi connectivity index (χ4n) is 9.97. The van der Waals surface area contributed by atoms with E-state index in [9.17, 15) is 47.8 Å². The third kappa shape index (κ3) is 7.82. The highest BCUT2D eigenvalue weighted by Crippen LogP contribution is 2.39. The Labute approximate surface area is 365 Å². The molecule has 2 unspecified atom stereocenters. The molecule has 18 heteroatoms. The maximum atomic E-state index is 14.1. The summed E-state index contributed by atoms with van der Waals surface area (Å²) in [5.41, 5.74) is -0.661. The quantitative estimate of drug-likeness (QED) is 0.219. The van der Waals surface area contributed by atoms with Gasteiger partial charge in [0.1, 0.15) is 22.8 Å². The molecule has 2 aromatic carbocycles. The van der Waals surface area contributed by atoms with Crippen LogP contribution in [0.5, 0.6) is 11.5 Å². The topological polar surface area (TPSA) is 202 Å². The minimum Gasteiger partial charge on any atom is -0.503 e. The van der Waals surface area contributed by atoms with Gasteiger partial charge in [-0.1, -0.05) is 24.3 Å². The normalized spacial score (nSPS) is 24.0. The van der Waals surface area contributed by atoms with Gasteiger partial charge in [0.25, 0.3) is 23.6 Å². The summed E-state index contributed by atoms with van der Waals surface area (Å²) >= 11 is 0. The zero-order valence-electron chi connectivity index (χ0n) is 35.3. The lowest BCUT2D eigenvalue weighted by Gasteiger charge is -2.50. The van der Waals surface area contributed by atoms with Crippen molar-refractivity contribution in [1.82, 2.24) is 29.6 Å². The molecule has 4 fully saturated rings. The monoisotopic (exact) mass is 882 g/mol. The number of aryl methyl sites for hydroxylation is 2. The number of carbonyl (C=O) groups excluding carboxylic acids is 4. The largest absolute Gasteiger partial charge is 0.503 e. The summed E-state index contributed by atoms with van der Waals surface area (Å²) in [6.45, 7) is 3.72. The molecule has 6 aliphatic rings. The minimum absolute atomic E-state index is 0.0237. The molecule has 2 aliphatic carbocycles. The van der Waals surface area contributed by atoms with Gasteiger partial charge in [0, 0.05) is 48.7 Å². The van der Waals surface area contributed by atoms with Gasteiger partial charge >= 0.3 is 0 Å². The first-order valence-corrected chi connectivity index (χ1v) is 21.6. The van der Waals surface area contributed by atoms with E-state index < -0.39 is 70.1 Å². The molecule has 4 bridgehead atoms. The van der Waals surface area contributed by atoms with Crippen LogP contribution >= 0.6 is 0 Å². The number of nitrogens with one attached hydrogen (secondary N) is 2. The maximum Gasteiger partial charge on any atom is 0.276 e. The molecule has 0 spiro atoms. The Morgan fingerprint density at radius 3 is 1.45 bits per heavy atom. The molecule has 4 amide bonds. The third-order valence-corrected chi connectivity index (χ3v) is 13.2. The van der Waals surface area contributed by atoms with E-state index in [4.69, 9.17) is 9.47 Å². The standard InChI is InChI=1S/2C23H24FN3O5/c2*1-12-5-6-13(17(24)7-12)9-25-22(30)16-10-26-11-18-27(14-3-2-4-15(8-14)32-18)23(31)19(26)21(29)20(16)28/h2*5-7,10,14-15,18,29H,2-4,8-9,11H2,1H3,(H,25,30)/t2*14-,15+,18?/m10/s1. The molecule has 4 N–H and O–H groups in total. The van der Waals surface area contributed by atoms with Gasteiger partial charge < -0.3 is 49.3 Å². The van der Waals surface area contributed by atoms with Crippen molar-refractivity contribution in [3.63, 3.8) is 0 Å². The molecule has 4 aromatic rings. The van der Waals surface area contributed by atoms with Gasteiger partial charge in [0.05, 0.1) is 25.3 Å². The first-order valence-electron chi connectivity index (χ1n) is 21.6. The van der Waals surface area contributed by atoms with Crippen LogP contribution in [0, 0.1) is 25.5 Å². The second-order valence-electron chi connectivity index (χ2n) is 17.5. The zero-order valence-corrected chi connectivity index (χ0v) is 35.3. The lowest BCUT2D eigenvalue weighted by Crippen LogP contribution is -2.60. The van der Waals surface area contributed by atoms with Crippen molar-refractivity contribution in [3.05, 3.63) is 126 Å². The molecule has 0 radical (unpaired) electrons. The molecule has 10 rings (SSSR count). The lowest BCUT2D eigenvalue weighted by molar-refractivity contribution is -0.170. The van der Waals surface area contributed by atoms with Crippen LogP contribution in [0.4, 0.5) is 8.78 Å². The molecule has 4 aliphatic heterocycles. The summed E-state index contributed by atoms with van der Waals surface area (Å²) in [4.78, 5) is 80.4. The zero-order chi connectivity index (χ0) is 45.1. The smallest absolute Gasteiger partial charge is 0.276 e. The number of hydrogen-bond donors (Lipinski definition) is 4. The number of nitrogens with zero attached hydrogens (tertiary/aromatic N) is 4. The molecule has 64 heavy (non-hydrogen) atoms. The first kappa shape index (κ1) is 42.9. The van der Waals surface area contributed by atoms with Crippen molar-refractivity contribution >= 4 is 23.6 Å². The van der Waals surface area contributed by atoms with Crippen molar-refractivity contribution in [3.8, 4) is 11.5 Å². The average molecular weight is 883 g/mol. The number of hydrogen-bond acceptors (Lipinski definition) is 10. The van der Waals surface area contributed by atoms with Crippen LogP contribution in [-0.2, 0) is 35.7 Å². The van der Waals surface area contributed by atoms with E-state index in [0.717, 1.165) is 62.5 Å². The first-order chi connectivity index (χ1) is 30.7. The summed E-state index contributed by atoms with van der Waals surface area (Å²) in [6.07, 6.45) is 8.78. The third-order valence-electron chi connectivity index (χ3n) is 13.2. The molecule has 2 aromatic heterocycles. The van der Waals surface area contributed by atoms with Crippen LogP contribution in [0.2, 0.25) is 0 Å². The predicted molar refractivity (Wildman–Crippen MR) is 224 cm³/mol. The number of ether oxygens (including phenoxy) is 2. The number of pyridine rings is 2. The SMILES string of the molecule is Cc1ccc(CNC(=O)c2cn3c(c(O)c2=O)C(=O)N2C(C3)O[C@@H]3CCC[C@H]2C3)c(F)c1.Cc1ccc(CNC(=O)c2cn3c(c(O)c2=O)C(=O)N2C(C3)O[C@H]3CCC[C@@H]2C3)c(F)c1. The summed E-state index contributed by atoms with van der Waals surface area (Å²) in [7, 11) is 0. The predicted octanol–water partition coefficient (Wildman–Crippen LogP) is 4.11. The number of halogens is 2. The van der Waals surface area contributed by atoms with E-state index in [-0.39, 0.29) is 84.1 Å². The van der Waals surface area contributed by atoms with E-state index in [0.29, 0.717) is 0 Å². The maximum absolute atomic E-state index is 14.1. The summed E-state index contributed by atoms with van der Waals surface area (Å²) in [5, 5.41) is 26.2. The van der Waals surface area contributed by atoms with Crippen molar-refractivity contribution in [2.24, 2.45) is 0 Å². The molecule has 2 saturated heterocycles. The molecular weight excluding hydrogens is 835 g/mol. The molecule has 2 saturated carbocycles. The van der Waals surface area contributed by atoms with Crippen LogP contribution in [0.1, 0.15) is 115 Å². The Morgan fingerprint density at radius 1 is 0.656 bits per heavy atom. The number of aromatic nitrogens is 2. The van der Waals surface area contributed by atoms with E-state index >= 15 is 0 Å².